The maximum atomic E-state index is 10.9. The summed E-state index contributed by atoms with van der Waals surface area (Å²) in [5.74, 6) is 0.0599. The van der Waals surface area contributed by atoms with E-state index in [1.165, 1.54) is 116 Å². The van der Waals surface area contributed by atoms with Crippen molar-refractivity contribution < 1.29 is 17.2 Å². The second kappa shape index (κ2) is 23.8. The van der Waals surface area contributed by atoms with Crippen molar-refractivity contribution in [2.45, 2.75) is 149 Å². The van der Waals surface area contributed by atoms with Gasteiger partial charge in [-0.25, -0.2) is 4.18 Å². The standard InChI is InChI=1S/C27H54O4S/c1-3-5-7-9-11-13-14-15-16-17-19-21-23-25-27(26-31-32(28,29)30)24-22-20-18-12-10-8-6-4-2/h22,24,27H,3-21,23,25-26H2,1-2H3,(H,28,29,30)/b24-22+. The molecule has 1 unspecified atom stereocenters. The van der Waals surface area contributed by atoms with Crippen molar-refractivity contribution in [1.82, 2.24) is 0 Å². The van der Waals surface area contributed by atoms with E-state index in [-0.39, 0.29) is 12.5 Å². The van der Waals surface area contributed by atoms with Crippen LogP contribution in [0.2, 0.25) is 0 Å². The molecule has 192 valence electrons. The smallest absolute Gasteiger partial charge is 0.264 e. The summed E-state index contributed by atoms with van der Waals surface area (Å²) >= 11 is 0. The summed E-state index contributed by atoms with van der Waals surface area (Å²) in [6, 6.07) is 0. The summed E-state index contributed by atoms with van der Waals surface area (Å²) in [5.41, 5.74) is 0. The summed E-state index contributed by atoms with van der Waals surface area (Å²) in [4.78, 5) is 0. The molecule has 0 aliphatic rings. The predicted molar refractivity (Wildman–Crippen MR) is 138 cm³/mol. The van der Waals surface area contributed by atoms with E-state index in [1.807, 2.05) is 0 Å². The van der Waals surface area contributed by atoms with Crippen molar-refractivity contribution in [3.8, 4) is 0 Å². The van der Waals surface area contributed by atoms with Gasteiger partial charge in [-0.1, -0.05) is 142 Å². The molecule has 1 N–H and O–H groups in total. The summed E-state index contributed by atoms with van der Waals surface area (Å²) in [6.07, 6.45) is 31.1. The molecule has 0 aromatic carbocycles. The fourth-order valence-corrected chi connectivity index (χ4v) is 4.51. The highest BCUT2D eigenvalue weighted by Crippen LogP contribution is 2.17. The monoisotopic (exact) mass is 474 g/mol. The van der Waals surface area contributed by atoms with Gasteiger partial charge in [-0.3, -0.25) is 4.55 Å². The number of unbranched alkanes of at least 4 members (excludes halogenated alkanes) is 18. The average molecular weight is 475 g/mol. The highest BCUT2D eigenvalue weighted by atomic mass is 32.3. The van der Waals surface area contributed by atoms with Gasteiger partial charge >= 0.3 is 10.4 Å². The van der Waals surface area contributed by atoms with E-state index in [0.29, 0.717) is 0 Å². The van der Waals surface area contributed by atoms with E-state index in [2.05, 4.69) is 30.2 Å². The van der Waals surface area contributed by atoms with Crippen LogP contribution in [0.1, 0.15) is 149 Å². The molecular formula is C27H54O4S. The Balaban J connectivity index is 3.82. The maximum Gasteiger partial charge on any atom is 0.397 e. The molecule has 0 aromatic rings. The molecule has 0 amide bonds. The van der Waals surface area contributed by atoms with Crippen molar-refractivity contribution in [2.75, 3.05) is 6.61 Å². The zero-order valence-corrected chi connectivity index (χ0v) is 22.2. The van der Waals surface area contributed by atoms with Crippen LogP contribution in [-0.2, 0) is 14.6 Å². The van der Waals surface area contributed by atoms with Gasteiger partial charge in [-0.05, 0) is 19.3 Å². The Morgan fingerprint density at radius 3 is 1.50 bits per heavy atom. The van der Waals surface area contributed by atoms with Crippen LogP contribution in [0.5, 0.6) is 0 Å². The first kappa shape index (κ1) is 31.6. The van der Waals surface area contributed by atoms with Crippen LogP contribution < -0.4 is 0 Å². The molecule has 5 heteroatoms. The van der Waals surface area contributed by atoms with Crippen molar-refractivity contribution in [1.29, 1.82) is 0 Å². The largest absolute Gasteiger partial charge is 0.397 e. The lowest BCUT2D eigenvalue weighted by atomic mass is 9.99. The molecule has 0 saturated heterocycles. The van der Waals surface area contributed by atoms with Gasteiger partial charge in [0, 0.05) is 5.92 Å². The molecule has 0 spiro atoms. The highest BCUT2D eigenvalue weighted by molar-refractivity contribution is 7.80. The van der Waals surface area contributed by atoms with E-state index in [4.69, 9.17) is 4.55 Å². The van der Waals surface area contributed by atoms with Gasteiger partial charge in [0.15, 0.2) is 0 Å². The molecule has 0 heterocycles. The number of allylic oxidation sites excluding steroid dienone is 1. The lowest BCUT2D eigenvalue weighted by Gasteiger charge is -2.12. The van der Waals surface area contributed by atoms with Crippen molar-refractivity contribution in [3.05, 3.63) is 12.2 Å². The Labute approximate surface area is 200 Å². The average Bonchev–Trinajstić information content (AvgIpc) is 2.75. The predicted octanol–water partition coefficient (Wildman–Crippen LogP) is 9.21. The zero-order valence-electron chi connectivity index (χ0n) is 21.4. The van der Waals surface area contributed by atoms with E-state index in [0.717, 1.165) is 19.3 Å². The first-order valence-electron chi connectivity index (χ1n) is 13.8. The van der Waals surface area contributed by atoms with Gasteiger partial charge < -0.3 is 0 Å². The SMILES string of the molecule is CCCCCCCC/C=C/C(CCCCCCCCCCCCCCC)COS(=O)(=O)O. The minimum Gasteiger partial charge on any atom is -0.264 e. The molecule has 0 rings (SSSR count). The van der Waals surface area contributed by atoms with Gasteiger partial charge in [0.25, 0.3) is 0 Å². The molecule has 0 radical (unpaired) electrons. The molecule has 0 saturated carbocycles. The molecular weight excluding hydrogens is 420 g/mol. The lowest BCUT2D eigenvalue weighted by molar-refractivity contribution is 0.234. The Morgan fingerprint density at radius 1 is 0.656 bits per heavy atom. The fourth-order valence-electron chi connectivity index (χ4n) is 4.16. The second-order valence-corrected chi connectivity index (χ2v) is 10.6. The molecule has 0 aliphatic heterocycles. The Kier molecular flexibility index (Phi) is 23.5. The van der Waals surface area contributed by atoms with Crippen LogP contribution in [0.3, 0.4) is 0 Å². The molecule has 0 aliphatic carbocycles. The summed E-state index contributed by atoms with van der Waals surface area (Å²) < 4.78 is 35.4. The maximum absolute atomic E-state index is 10.9. The van der Waals surface area contributed by atoms with E-state index < -0.39 is 10.4 Å². The van der Waals surface area contributed by atoms with Crippen molar-refractivity contribution >= 4 is 10.4 Å². The quantitative estimate of drug-likeness (QED) is 0.0813. The van der Waals surface area contributed by atoms with Crippen LogP contribution in [-0.4, -0.2) is 19.6 Å². The highest BCUT2D eigenvalue weighted by Gasteiger charge is 2.11. The molecule has 0 bridgehead atoms. The van der Waals surface area contributed by atoms with Crippen LogP contribution in [0.25, 0.3) is 0 Å². The molecule has 32 heavy (non-hydrogen) atoms. The minimum atomic E-state index is -4.36. The van der Waals surface area contributed by atoms with Gasteiger partial charge in [0.1, 0.15) is 0 Å². The fraction of sp³-hybridized carbons (Fsp3) is 0.926. The molecule has 1 atom stereocenters. The van der Waals surface area contributed by atoms with E-state index >= 15 is 0 Å². The number of hydrogen-bond acceptors (Lipinski definition) is 3. The van der Waals surface area contributed by atoms with Crippen LogP contribution in [0, 0.1) is 5.92 Å². The Hall–Kier alpha value is -0.390. The lowest BCUT2D eigenvalue weighted by Crippen LogP contribution is -2.12. The summed E-state index contributed by atoms with van der Waals surface area (Å²) in [7, 11) is -4.36. The first-order chi connectivity index (χ1) is 15.5. The van der Waals surface area contributed by atoms with Gasteiger partial charge in [0.05, 0.1) is 6.61 Å². The van der Waals surface area contributed by atoms with Crippen LogP contribution >= 0.6 is 0 Å². The van der Waals surface area contributed by atoms with Crippen LogP contribution in [0.15, 0.2) is 12.2 Å². The summed E-state index contributed by atoms with van der Waals surface area (Å²) in [5, 5.41) is 0. The third-order valence-corrected chi connectivity index (χ3v) is 6.68. The minimum absolute atomic E-state index is 0.0457. The topological polar surface area (TPSA) is 63.6 Å². The van der Waals surface area contributed by atoms with Gasteiger partial charge in [0.2, 0.25) is 0 Å². The third-order valence-electron chi connectivity index (χ3n) is 6.24. The zero-order chi connectivity index (χ0) is 23.8. The first-order valence-corrected chi connectivity index (χ1v) is 15.1. The van der Waals surface area contributed by atoms with Gasteiger partial charge in [-0.2, -0.15) is 8.42 Å². The normalized spacial score (nSPS) is 13.2. The van der Waals surface area contributed by atoms with E-state index in [1.54, 1.807) is 0 Å². The third kappa shape index (κ3) is 25.9. The van der Waals surface area contributed by atoms with Gasteiger partial charge in [-0.15, -0.1) is 0 Å². The second-order valence-electron chi connectivity index (χ2n) is 9.49. The summed E-state index contributed by atoms with van der Waals surface area (Å²) in [6.45, 7) is 4.54. The van der Waals surface area contributed by atoms with Crippen molar-refractivity contribution in [3.63, 3.8) is 0 Å². The molecule has 0 fully saturated rings. The Bertz CT molecular complexity index is 502. The van der Waals surface area contributed by atoms with Crippen LogP contribution in [0.4, 0.5) is 0 Å². The molecule has 4 nitrogen and oxygen atoms in total. The van der Waals surface area contributed by atoms with E-state index in [9.17, 15) is 8.42 Å². The Morgan fingerprint density at radius 2 is 1.06 bits per heavy atom. The van der Waals surface area contributed by atoms with Crippen molar-refractivity contribution in [2.24, 2.45) is 5.92 Å². The number of hydrogen-bond donors (Lipinski definition) is 1. The number of rotatable bonds is 25. The molecule has 0 aromatic heterocycles.